The Morgan fingerprint density at radius 1 is 1.00 bits per heavy atom. The lowest BCUT2D eigenvalue weighted by Gasteiger charge is -2.19. The Morgan fingerprint density at radius 2 is 1.70 bits per heavy atom. The molecule has 0 bridgehead atoms. The van der Waals surface area contributed by atoms with E-state index in [4.69, 9.17) is 11.6 Å². The number of carbonyl (C=O) groups is 1. The Labute approximate surface area is 140 Å². The summed E-state index contributed by atoms with van der Waals surface area (Å²) in [4.78, 5) is 14.1. The van der Waals surface area contributed by atoms with Crippen molar-refractivity contribution in [3.05, 3.63) is 77.3 Å². The Morgan fingerprint density at radius 3 is 2.52 bits per heavy atom. The highest BCUT2D eigenvalue weighted by Crippen LogP contribution is 2.23. The van der Waals surface area contributed by atoms with Crippen LogP contribution in [-0.4, -0.2) is 18.0 Å². The normalized spacial score (nSPS) is 10.5. The smallest absolute Gasteiger partial charge is 0.321 e. The first-order chi connectivity index (χ1) is 11.1. The van der Waals surface area contributed by atoms with Crippen LogP contribution in [0.25, 0.3) is 10.8 Å². The molecule has 3 rings (SSSR count). The largest absolute Gasteiger partial charge is 0.323 e. The van der Waals surface area contributed by atoms with Crippen LogP contribution < -0.4 is 5.32 Å². The number of benzene rings is 3. The van der Waals surface area contributed by atoms with Gasteiger partial charge in [0.25, 0.3) is 0 Å². The van der Waals surface area contributed by atoms with E-state index in [0.717, 1.165) is 22.0 Å². The highest BCUT2D eigenvalue weighted by Gasteiger charge is 2.12. The Hall–Kier alpha value is -2.52. The van der Waals surface area contributed by atoms with Crippen LogP contribution >= 0.6 is 11.6 Å². The van der Waals surface area contributed by atoms with Crippen molar-refractivity contribution < 1.29 is 4.79 Å². The van der Waals surface area contributed by atoms with E-state index in [1.165, 1.54) is 0 Å². The first kappa shape index (κ1) is 15.4. The molecule has 0 radical (unpaired) electrons. The lowest BCUT2D eigenvalue weighted by Crippen LogP contribution is -2.31. The molecule has 0 aromatic heterocycles. The number of anilines is 1. The highest BCUT2D eigenvalue weighted by molar-refractivity contribution is 6.31. The van der Waals surface area contributed by atoms with Gasteiger partial charge in [0, 0.05) is 24.0 Å². The highest BCUT2D eigenvalue weighted by atomic mass is 35.5. The van der Waals surface area contributed by atoms with Crippen LogP contribution in [0, 0.1) is 0 Å². The van der Waals surface area contributed by atoms with Crippen molar-refractivity contribution in [2.24, 2.45) is 0 Å². The summed E-state index contributed by atoms with van der Waals surface area (Å²) in [5.41, 5.74) is 1.73. The van der Waals surface area contributed by atoms with Crippen molar-refractivity contribution in [1.82, 2.24) is 4.90 Å². The summed E-state index contributed by atoms with van der Waals surface area (Å²) < 4.78 is 0. The van der Waals surface area contributed by atoms with Crippen molar-refractivity contribution in [3.8, 4) is 0 Å². The molecule has 4 heteroatoms. The average Bonchev–Trinajstić information content (AvgIpc) is 2.57. The van der Waals surface area contributed by atoms with Crippen LogP contribution in [0.1, 0.15) is 5.56 Å². The predicted octanol–water partition coefficient (Wildman–Crippen LogP) is 5.16. The van der Waals surface area contributed by atoms with Crippen molar-refractivity contribution in [1.29, 1.82) is 0 Å². The number of carbonyl (C=O) groups excluding carboxylic acids is 1. The third-order valence-electron chi connectivity index (χ3n) is 3.74. The number of amides is 2. The Bertz CT molecular complexity index is 842. The van der Waals surface area contributed by atoms with Gasteiger partial charge in [0.05, 0.1) is 5.69 Å². The number of rotatable bonds is 3. The van der Waals surface area contributed by atoms with Gasteiger partial charge in [0.2, 0.25) is 0 Å². The van der Waals surface area contributed by atoms with Gasteiger partial charge >= 0.3 is 6.03 Å². The van der Waals surface area contributed by atoms with E-state index >= 15 is 0 Å². The number of hydrogen-bond acceptors (Lipinski definition) is 1. The molecule has 23 heavy (non-hydrogen) atoms. The van der Waals surface area contributed by atoms with Crippen LogP contribution in [0.3, 0.4) is 0 Å². The summed E-state index contributed by atoms with van der Waals surface area (Å²) in [5, 5.41) is 5.75. The minimum atomic E-state index is -0.165. The second kappa shape index (κ2) is 6.71. The molecule has 1 N–H and O–H groups in total. The van der Waals surface area contributed by atoms with Gasteiger partial charge in [0.15, 0.2) is 0 Å². The molecule has 3 nitrogen and oxygen atoms in total. The van der Waals surface area contributed by atoms with E-state index < -0.39 is 0 Å². The number of halogens is 1. The zero-order valence-corrected chi connectivity index (χ0v) is 13.5. The van der Waals surface area contributed by atoms with Crippen molar-refractivity contribution in [3.63, 3.8) is 0 Å². The molecule has 0 unspecified atom stereocenters. The first-order valence-electron chi connectivity index (χ1n) is 7.38. The van der Waals surface area contributed by atoms with E-state index in [0.29, 0.717) is 11.6 Å². The van der Waals surface area contributed by atoms with E-state index in [-0.39, 0.29) is 6.03 Å². The minimum Gasteiger partial charge on any atom is -0.323 e. The fourth-order valence-corrected chi connectivity index (χ4v) is 2.69. The van der Waals surface area contributed by atoms with Crippen LogP contribution in [-0.2, 0) is 6.54 Å². The molecule has 2 amide bonds. The van der Waals surface area contributed by atoms with Gasteiger partial charge in [-0.15, -0.1) is 0 Å². The van der Waals surface area contributed by atoms with Crippen molar-refractivity contribution in [2.45, 2.75) is 6.54 Å². The van der Waals surface area contributed by atoms with Crippen LogP contribution in [0.5, 0.6) is 0 Å². The SMILES string of the molecule is CN(Cc1ccccc1Cl)C(=O)Nc1cccc2ccccc12. The molecular formula is C19H17ClN2O. The lowest BCUT2D eigenvalue weighted by molar-refractivity contribution is 0.221. The van der Waals surface area contributed by atoms with Crippen molar-refractivity contribution >= 4 is 34.1 Å². The zero-order chi connectivity index (χ0) is 16.2. The maximum atomic E-state index is 12.4. The summed E-state index contributed by atoms with van der Waals surface area (Å²) in [6.45, 7) is 0.455. The monoisotopic (exact) mass is 324 g/mol. The van der Waals surface area contributed by atoms with Gasteiger partial charge in [-0.25, -0.2) is 4.79 Å². The summed E-state index contributed by atoms with van der Waals surface area (Å²) in [6.07, 6.45) is 0. The molecule has 0 fully saturated rings. The van der Waals surface area contributed by atoms with E-state index in [1.54, 1.807) is 11.9 Å². The van der Waals surface area contributed by atoms with Crippen molar-refractivity contribution in [2.75, 3.05) is 12.4 Å². The predicted molar refractivity (Wildman–Crippen MR) is 95.9 cm³/mol. The molecule has 3 aromatic rings. The molecule has 0 atom stereocenters. The Kier molecular flexibility index (Phi) is 4.49. The molecule has 0 spiro atoms. The van der Waals surface area contributed by atoms with Gasteiger partial charge in [-0.3, -0.25) is 0 Å². The summed E-state index contributed by atoms with van der Waals surface area (Å²) in [6, 6.07) is 21.2. The standard InChI is InChI=1S/C19H17ClN2O/c1-22(13-15-8-3-5-11-17(15)20)19(23)21-18-12-6-9-14-7-2-4-10-16(14)18/h2-12H,13H2,1H3,(H,21,23). The summed E-state index contributed by atoms with van der Waals surface area (Å²) in [7, 11) is 1.75. The third-order valence-corrected chi connectivity index (χ3v) is 4.11. The fraction of sp³-hybridized carbons (Fsp3) is 0.105. The molecule has 0 aliphatic carbocycles. The maximum Gasteiger partial charge on any atom is 0.321 e. The number of urea groups is 1. The molecule has 0 saturated heterocycles. The molecular weight excluding hydrogens is 308 g/mol. The van der Waals surface area contributed by atoms with E-state index in [2.05, 4.69) is 5.32 Å². The van der Waals surface area contributed by atoms with Gasteiger partial charge in [-0.1, -0.05) is 66.2 Å². The minimum absolute atomic E-state index is 0.165. The van der Waals surface area contributed by atoms with E-state index in [9.17, 15) is 4.79 Å². The number of fused-ring (bicyclic) bond motifs is 1. The zero-order valence-electron chi connectivity index (χ0n) is 12.8. The third kappa shape index (κ3) is 3.46. The quantitative estimate of drug-likeness (QED) is 0.709. The van der Waals surface area contributed by atoms with Gasteiger partial charge in [-0.2, -0.15) is 0 Å². The molecule has 0 aliphatic rings. The van der Waals surface area contributed by atoms with E-state index in [1.807, 2.05) is 66.7 Å². The number of nitrogens with one attached hydrogen (secondary N) is 1. The second-order valence-corrected chi connectivity index (χ2v) is 5.81. The topological polar surface area (TPSA) is 32.3 Å². The molecule has 0 aliphatic heterocycles. The second-order valence-electron chi connectivity index (χ2n) is 5.40. The van der Waals surface area contributed by atoms with Gasteiger partial charge < -0.3 is 10.2 Å². The van der Waals surface area contributed by atoms with Gasteiger partial charge in [0.1, 0.15) is 0 Å². The lowest BCUT2D eigenvalue weighted by atomic mass is 10.1. The number of nitrogens with zero attached hydrogens (tertiary/aromatic N) is 1. The van der Waals surface area contributed by atoms with Crippen LogP contribution in [0.15, 0.2) is 66.7 Å². The molecule has 3 aromatic carbocycles. The first-order valence-corrected chi connectivity index (χ1v) is 7.76. The van der Waals surface area contributed by atoms with Gasteiger partial charge in [-0.05, 0) is 23.1 Å². The molecule has 116 valence electrons. The summed E-state index contributed by atoms with van der Waals surface area (Å²) >= 11 is 6.15. The molecule has 0 saturated carbocycles. The van der Waals surface area contributed by atoms with Crippen LogP contribution in [0.2, 0.25) is 5.02 Å². The number of hydrogen-bond donors (Lipinski definition) is 1. The molecule has 0 heterocycles. The van der Waals surface area contributed by atoms with Crippen LogP contribution in [0.4, 0.5) is 10.5 Å². The summed E-state index contributed by atoms with van der Waals surface area (Å²) in [5.74, 6) is 0. The fourth-order valence-electron chi connectivity index (χ4n) is 2.50. The Balaban J connectivity index is 1.77. The average molecular weight is 325 g/mol. The maximum absolute atomic E-state index is 12.4.